The van der Waals surface area contributed by atoms with E-state index >= 15 is 0 Å². The van der Waals surface area contributed by atoms with Crippen molar-refractivity contribution >= 4 is 69.9 Å². The number of carbonyl (C=O) groups excluding carboxylic acids is 1. The average Bonchev–Trinajstić information content (AvgIpc) is 2.98. The molecule has 0 aliphatic rings. The fourth-order valence-electron chi connectivity index (χ4n) is 1.44. The van der Waals surface area contributed by atoms with Crippen LogP contribution in [0.3, 0.4) is 0 Å². The fourth-order valence-corrected chi connectivity index (χ4v) is 2.80. The first-order chi connectivity index (χ1) is 10.2. The Labute approximate surface area is 150 Å². The van der Waals surface area contributed by atoms with Crippen LogP contribution in [0.4, 0.5) is 10.1 Å². The molecule has 1 aromatic heterocycles. The van der Waals surface area contributed by atoms with Gasteiger partial charge in [-0.2, -0.15) is 0 Å². The maximum Gasteiger partial charge on any atom is 0.304 e. The summed E-state index contributed by atoms with van der Waals surface area (Å²) in [7, 11) is 0. The van der Waals surface area contributed by atoms with Gasteiger partial charge in [0.25, 0.3) is 0 Å². The van der Waals surface area contributed by atoms with Gasteiger partial charge in [0.2, 0.25) is 3.67 Å². The molecule has 0 fully saturated rings. The number of carbonyl (C=O) groups is 1. The molecule has 0 unspecified atom stereocenters. The first kappa shape index (κ1) is 17.8. The average molecular weight is 403 g/mol. The summed E-state index contributed by atoms with van der Waals surface area (Å²) in [6.07, 6.45) is 1.33. The summed E-state index contributed by atoms with van der Waals surface area (Å²) in [5.41, 5.74) is 0.400. The molecule has 0 N–H and O–H groups in total. The molecule has 1 amide bonds. The van der Waals surface area contributed by atoms with E-state index in [0.717, 1.165) is 4.31 Å². The van der Waals surface area contributed by atoms with Crippen LogP contribution >= 0.6 is 58.4 Å². The molecule has 118 valence electrons. The summed E-state index contributed by atoms with van der Waals surface area (Å²) in [6, 6.07) is 11.3. The van der Waals surface area contributed by atoms with Gasteiger partial charge in [-0.25, -0.2) is 8.70 Å². The number of furan rings is 1. The van der Waals surface area contributed by atoms with Crippen LogP contribution in [0.15, 0.2) is 53.1 Å². The lowest BCUT2D eigenvalue weighted by Gasteiger charge is -2.30. The molecule has 3 nitrogen and oxygen atoms in total. The number of anilines is 1. The van der Waals surface area contributed by atoms with Crippen molar-refractivity contribution < 1.29 is 13.6 Å². The summed E-state index contributed by atoms with van der Waals surface area (Å²) >= 11 is 22.8. The quantitative estimate of drug-likeness (QED) is 0.467. The van der Waals surface area contributed by atoms with Gasteiger partial charge in [0.1, 0.15) is 0 Å². The van der Waals surface area contributed by atoms with Crippen molar-refractivity contribution in [1.82, 2.24) is 0 Å². The predicted molar refractivity (Wildman–Crippen MR) is 89.5 cm³/mol. The van der Waals surface area contributed by atoms with Gasteiger partial charge in [-0.3, -0.25) is 4.79 Å². The van der Waals surface area contributed by atoms with Crippen molar-refractivity contribution in [3.8, 4) is 0 Å². The maximum atomic E-state index is 13.7. The molecular formula is C13H8Cl4FNO2S. The van der Waals surface area contributed by atoms with E-state index in [1.54, 1.807) is 30.3 Å². The lowest BCUT2D eigenvalue weighted by molar-refractivity contribution is 0.0981. The Morgan fingerprint density at radius 1 is 1.09 bits per heavy atom. The van der Waals surface area contributed by atoms with Gasteiger partial charge in [-0.1, -0.05) is 64.6 Å². The normalized spacial score (nSPS) is 12.2. The molecule has 0 saturated carbocycles. The highest BCUT2D eigenvalue weighted by Crippen LogP contribution is 2.53. The summed E-state index contributed by atoms with van der Waals surface area (Å²) < 4.78 is 14.5. The molecule has 0 spiro atoms. The second kappa shape index (κ2) is 6.89. The van der Waals surface area contributed by atoms with Crippen molar-refractivity contribution in [2.45, 2.75) is 8.25 Å². The number of hydrogen-bond acceptors (Lipinski definition) is 3. The third-order valence-electron chi connectivity index (χ3n) is 2.44. The first-order valence-corrected chi connectivity index (χ1v) is 8.07. The van der Waals surface area contributed by atoms with Gasteiger partial charge in [0.05, 0.1) is 12.0 Å². The summed E-state index contributed by atoms with van der Waals surface area (Å²) in [4.78, 5) is 12.5. The van der Waals surface area contributed by atoms with E-state index in [2.05, 4.69) is 0 Å². The summed E-state index contributed by atoms with van der Waals surface area (Å²) in [5, 5.41) is 0. The number of hydrogen-bond donors (Lipinski definition) is 0. The van der Waals surface area contributed by atoms with Crippen molar-refractivity contribution in [3.05, 3.63) is 54.5 Å². The van der Waals surface area contributed by atoms with Gasteiger partial charge in [-0.05, 0) is 24.3 Å². The number of para-hydroxylation sites is 1. The SMILES string of the molecule is O=C(c1ccco1)N(SC(Cl)(Cl)C(F)(Cl)Cl)c1ccccc1. The smallest absolute Gasteiger partial charge is 0.304 e. The Kier molecular flexibility index (Phi) is 5.56. The Bertz CT molecular complexity index is 631. The minimum absolute atomic E-state index is 0.0223. The molecule has 0 atom stereocenters. The molecule has 0 aliphatic carbocycles. The van der Waals surface area contributed by atoms with Crippen molar-refractivity contribution in [3.63, 3.8) is 0 Å². The summed E-state index contributed by atoms with van der Waals surface area (Å²) in [6.45, 7) is 0. The molecule has 2 rings (SSSR count). The monoisotopic (exact) mass is 401 g/mol. The van der Waals surface area contributed by atoms with Crippen LogP contribution in [0.2, 0.25) is 0 Å². The first-order valence-electron chi connectivity index (χ1n) is 5.79. The highest BCUT2D eigenvalue weighted by molar-refractivity contribution is 8.05. The van der Waals surface area contributed by atoms with Gasteiger partial charge in [0, 0.05) is 11.9 Å². The lowest BCUT2D eigenvalue weighted by atomic mass is 10.3. The molecular weight excluding hydrogens is 395 g/mol. The highest BCUT2D eigenvalue weighted by Gasteiger charge is 2.51. The van der Waals surface area contributed by atoms with Crippen LogP contribution < -0.4 is 4.31 Å². The number of amides is 1. The minimum atomic E-state index is -2.99. The maximum absolute atomic E-state index is 13.7. The van der Waals surface area contributed by atoms with Gasteiger partial charge >= 0.3 is 10.5 Å². The Balaban J connectivity index is 2.37. The summed E-state index contributed by atoms with van der Waals surface area (Å²) in [5.74, 6) is -0.571. The molecule has 1 heterocycles. The Hall–Kier alpha value is -0.590. The molecule has 1 aromatic carbocycles. The van der Waals surface area contributed by atoms with Crippen LogP contribution in [-0.4, -0.2) is 14.2 Å². The molecule has 0 saturated heterocycles. The fraction of sp³-hybridized carbons (Fsp3) is 0.154. The van der Waals surface area contributed by atoms with Crippen LogP contribution in [0.1, 0.15) is 10.6 Å². The zero-order valence-corrected chi connectivity index (χ0v) is 14.5. The number of alkyl halides is 5. The number of nitrogens with zero attached hydrogens (tertiary/aromatic N) is 1. The van der Waals surface area contributed by atoms with Crippen LogP contribution in [0.5, 0.6) is 0 Å². The van der Waals surface area contributed by atoms with E-state index in [1.807, 2.05) is 0 Å². The predicted octanol–water partition coefficient (Wildman–Crippen LogP) is 5.81. The minimum Gasteiger partial charge on any atom is -0.459 e. The van der Waals surface area contributed by atoms with Crippen LogP contribution in [-0.2, 0) is 0 Å². The van der Waals surface area contributed by atoms with Crippen LogP contribution in [0, 0.1) is 0 Å². The van der Waals surface area contributed by atoms with Gasteiger partial charge in [0.15, 0.2) is 5.76 Å². The van der Waals surface area contributed by atoms with Crippen molar-refractivity contribution in [2.24, 2.45) is 0 Å². The molecule has 0 bridgehead atoms. The lowest BCUT2D eigenvalue weighted by Crippen LogP contribution is -2.36. The molecule has 0 aliphatic heterocycles. The van der Waals surface area contributed by atoms with E-state index in [-0.39, 0.29) is 5.76 Å². The highest BCUT2D eigenvalue weighted by atomic mass is 35.5. The van der Waals surface area contributed by atoms with Crippen molar-refractivity contribution in [2.75, 3.05) is 4.31 Å². The zero-order valence-electron chi connectivity index (χ0n) is 10.7. The van der Waals surface area contributed by atoms with Gasteiger partial charge < -0.3 is 4.42 Å². The second-order valence-electron chi connectivity index (χ2n) is 4.02. The molecule has 22 heavy (non-hydrogen) atoms. The number of benzene rings is 1. The number of rotatable bonds is 5. The third kappa shape index (κ3) is 4.03. The molecule has 0 radical (unpaired) electrons. The third-order valence-corrected chi connectivity index (χ3v) is 5.63. The Morgan fingerprint density at radius 3 is 2.23 bits per heavy atom. The second-order valence-corrected chi connectivity index (χ2v) is 8.19. The van der Waals surface area contributed by atoms with E-state index < -0.39 is 14.2 Å². The van der Waals surface area contributed by atoms with Gasteiger partial charge in [-0.15, -0.1) is 0 Å². The Morgan fingerprint density at radius 2 is 1.73 bits per heavy atom. The topological polar surface area (TPSA) is 33.5 Å². The van der Waals surface area contributed by atoms with Crippen LogP contribution in [0.25, 0.3) is 0 Å². The van der Waals surface area contributed by atoms with E-state index in [0.29, 0.717) is 17.6 Å². The van der Waals surface area contributed by atoms with E-state index in [9.17, 15) is 9.18 Å². The molecule has 9 heteroatoms. The zero-order chi connectivity index (χ0) is 16.4. The molecule has 2 aromatic rings. The van der Waals surface area contributed by atoms with E-state index in [1.165, 1.54) is 18.4 Å². The standard InChI is InChI=1S/C13H8Cl4FNO2S/c14-12(15,18)13(16,17)22-19(9-5-2-1-3-6-9)11(20)10-7-4-8-21-10/h1-8H. The largest absolute Gasteiger partial charge is 0.459 e. The van der Waals surface area contributed by atoms with Crippen molar-refractivity contribution in [1.29, 1.82) is 0 Å². The van der Waals surface area contributed by atoms with E-state index in [4.69, 9.17) is 50.8 Å². The number of halogens is 5.